The maximum absolute atomic E-state index is 12.9. The van der Waals surface area contributed by atoms with Crippen LogP contribution in [-0.4, -0.2) is 18.4 Å². The standard InChI is InChI=1S/C18H20FN3O2/c1-2-13-5-8-15(10-16(13)22-18(24)11-20)21-17(23)9-12-3-6-14(19)7-4-12/h3-8,10H,2,9,11,20H2,1H3,(H,21,23)(H,22,24). The second-order valence-corrected chi connectivity index (χ2v) is 5.33. The minimum atomic E-state index is -0.338. The number of hydrogen-bond acceptors (Lipinski definition) is 3. The van der Waals surface area contributed by atoms with Crippen molar-refractivity contribution in [2.24, 2.45) is 5.73 Å². The van der Waals surface area contributed by atoms with Crippen LogP contribution in [-0.2, 0) is 22.4 Å². The lowest BCUT2D eigenvalue weighted by Crippen LogP contribution is -2.22. The molecule has 0 aliphatic carbocycles. The number of hydrogen-bond donors (Lipinski definition) is 3. The number of rotatable bonds is 6. The van der Waals surface area contributed by atoms with Crippen molar-refractivity contribution >= 4 is 23.2 Å². The van der Waals surface area contributed by atoms with Gasteiger partial charge < -0.3 is 16.4 Å². The van der Waals surface area contributed by atoms with Crippen LogP contribution >= 0.6 is 0 Å². The third-order valence-electron chi connectivity index (χ3n) is 3.51. The number of nitrogens with two attached hydrogens (primary N) is 1. The third kappa shape index (κ3) is 4.89. The highest BCUT2D eigenvalue weighted by molar-refractivity contribution is 5.96. The molecular weight excluding hydrogens is 309 g/mol. The molecule has 0 radical (unpaired) electrons. The normalized spacial score (nSPS) is 10.3. The fourth-order valence-corrected chi connectivity index (χ4v) is 2.27. The fraction of sp³-hybridized carbons (Fsp3) is 0.222. The fourth-order valence-electron chi connectivity index (χ4n) is 2.27. The van der Waals surface area contributed by atoms with Gasteiger partial charge in [0.15, 0.2) is 0 Å². The van der Waals surface area contributed by atoms with Crippen molar-refractivity contribution in [3.63, 3.8) is 0 Å². The van der Waals surface area contributed by atoms with Gasteiger partial charge in [-0.2, -0.15) is 0 Å². The molecule has 6 heteroatoms. The quantitative estimate of drug-likeness (QED) is 0.761. The molecule has 0 unspecified atom stereocenters. The molecule has 0 saturated heterocycles. The summed E-state index contributed by atoms with van der Waals surface area (Å²) in [6, 6.07) is 11.1. The number of carbonyl (C=O) groups is 2. The number of carbonyl (C=O) groups excluding carboxylic acids is 2. The molecule has 0 aliphatic heterocycles. The van der Waals surface area contributed by atoms with Gasteiger partial charge in [-0.1, -0.05) is 25.1 Å². The first-order valence-electron chi connectivity index (χ1n) is 7.69. The second kappa shape index (κ2) is 8.21. The van der Waals surface area contributed by atoms with Gasteiger partial charge >= 0.3 is 0 Å². The van der Waals surface area contributed by atoms with Gasteiger partial charge in [-0.25, -0.2) is 4.39 Å². The van der Waals surface area contributed by atoms with E-state index in [-0.39, 0.29) is 30.6 Å². The Morgan fingerprint density at radius 2 is 1.75 bits per heavy atom. The smallest absolute Gasteiger partial charge is 0.238 e. The predicted molar refractivity (Wildman–Crippen MR) is 92.2 cm³/mol. The summed E-state index contributed by atoms with van der Waals surface area (Å²) in [7, 11) is 0. The summed E-state index contributed by atoms with van der Waals surface area (Å²) < 4.78 is 12.9. The Balaban J connectivity index is 2.08. The van der Waals surface area contributed by atoms with Crippen molar-refractivity contribution in [2.75, 3.05) is 17.2 Å². The molecule has 5 nitrogen and oxygen atoms in total. The highest BCUT2D eigenvalue weighted by atomic mass is 19.1. The lowest BCUT2D eigenvalue weighted by Gasteiger charge is -2.12. The van der Waals surface area contributed by atoms with E-state index in [1.54, 1.807) is 24.3 Å². The average molecular weight is 329 g/mol. The van der Waals surface area contributed by atoms with Crippen molar-refractivity contribution in [1.29, 1.82) is 0 Å². The minimum Gasteiger partial charge on any atom is -0.326 e. The SMILES string of the molecule is CCc1ccc(NC(=O)Cc2ccc(F)cc2)cc1NC(=O)CN. The molecule has 0 aliphatic rings. The van der Waals surface area contributed by atoms with E-state index in [4.69, 9.17) is 5.73 Å². The van der Waals surface area contributed by atoms with Gasteiger partial charge in [0.25, 0.3) is 0 Å². The Hall–Kier alpha value is -2.73. The molecule has 24 heavy (non-hydrogen) atoms. The summed E-state index contributed by atoms with van der Waals surface area (Å²) in [5, 5.41) is 5.50. The number of anilines is 2. The Kier molecular flexibility index (Phi) is 6.03. The predicted octanol–water partition coefficient (Wildman–Crippen LogP) is 2.47. The summed E-state index contributed by atoms with van der Waals surface area (Å²) in [4.78, 5) is 23.6. The molecule has 0 fully saturated rings. The van der Waals surface area contributed by atoms with Gasteiger partial charge in [-0.3, -0.25) is 9.59 Å². The van der Waals surface area contributed by atoms with Gasteiger partial charge in [0.2, 0.25) is 11.8 Å². The Morgan fingerprint density at radius 1 is 1.04 bits per heavy atom. The molecule has 0 saturated carbocycles. The van der Waals surface area contributed by atoms with Crippen LogP contribution in [0.2, 0.25) is 0 Å². The summed E-state index contributed by atoms with van der Waals surface area (Å²) in [5.41, 5.74) is 8.20. The van der Waals surface area contributed by atoms with Crippen molar-refractivity contribution in [3.05, 3.63) is 59.4 Å². The van der Waals surface area contributed by atoms with E-state index in [2.05, 4.69) is 10.6 Å². The first kappa shape index (κ1) is 17.6. The van der Waals surface area contributed by atoms with Crippen LogP contribution in [0.3, 0.4) is 0 Å². The minimum absolute atomic E-state index is 0.107. The average Bonchev–Trinajstić information content (AvgIpc) is 2.57. The number of nitrogens with one attached hydrogen (secondary N) is 2. The first-order valence-corrected chi connectivity index (χ1v) is 7.69. The number of benzene rings is 2. The molecular formula is C18H20FN3O2. The van der Waals surface area contributed by atoms with E-state index in [0.717, 1.165) is 17.5 Å². The summed E-state index contributed by atoms with van der Waals surface area (Å²) in [5.74, 6) is -0.851. The zero-order valence-corrected chi connectivity index (χ0v) is 13.4. The highest BCUT2D eigenvalue weighted by Crippen LogP contribution is 2.22. The van der Waals surface area contributed by atoms with Gasteiger partial charge in [-0.05, 0) is 41.8 Å². The van der Waals surface area contributed by atoms with E-state index >= 15 is 0 Å². The van der Waals surface area contributed by atoms with E-state index in [1.807, 2.05) is 13.0 Å². The molecule has 2 amide bonds. The zero-order chi connectivity index (χ0) is 17.5. The van der Waals surface area contributed by atoms with Gasteiger partial charge in [-0.15, -0.1) is 0 Å². The Labute approximate surface area is 140 Å². The molecule has 2 aromatic rings. The first-order chi connectivity index (χ1) is 11.5. The zero-order valence-electron chi connectivity index (χ0n) is 13.4. The van der Waals surface area contributed by atoms with Crippen LogP contribution in [0.4, 0.5) is 15.8 Å². The molecule has 0 heterocycles. The molecule has 0 aromatic heterocycles. The monoisotopic (exact) mass is 329 g/mol. The van der Waals surface area contributed by atoms with Gasteiger partial charge in [0, 0.05) is 11.4 Å². The second-order valence-electron chi connectivity index (χ2n) is 5.33. The molecule has 126 valence electrons. The third-order valence-corrected chi connectivity index (χ3v) is 3.51. The van der Waals surface area contributed by atoms with Crippen molar-refractivity contribution in [1.82, 2.24) is 0 Å². The van der Waals surface area contributed by atoms with E-state index < -0.39 is 0 Å². The molecule has 0 atom stereocenters. The van der Waals surface area contributed by atoms with Gasteiger partial charge in [0.1, 0.15) is 5.82 Å². The molecule has 0 bridgehead atoms. The van der Waals surface area contributed by atoms with Crippen molar-refractivity contribution < 1.29 is 14.0 Å². The van der Waals surface area contributed by atoms with Crippen LogP contribution in [0.5, 0.6) is 0 Å². The van der Waals surface area contributed by atoms with Crippen LogP contribution < -0.4 is 16.4 Å². The molecule has 4 N–H and O–H groups in total. The Bertz CT molecular complexity index is 730. The summed E-state index contributed by atoms with van der Waals surface area (Å²) in [6.45, 7) is 1.87. The van der Waals surface area contributed by atoms with Crippen LogP contribution in [0, 0.1) is 5.82 Å². The number of aryl methyl sites for hydroxylation is 1. The summed E-state index contributed by atoms with van der Waals surface area (Å²) in [6.07, 6.45) is 0.879. The van der Waals surface area contributed by atoms with E-state index in [0.29, 0.717) is 11.4 Å². The number of amides is 2. The van der Waals surface area contributed by atoms with Crippen LogP contribution in [0.15, 0.2) is 42.5 Å². The number of halogens is 1. The van der Waals surface area contributed by atoms with Crippen LogP contribution in [0.25, 0.3) is 0 Å². The Morgan fingerprint density at radius 3 is 2.38 bits per heavy atom. The topological polar surface area (TPSA) is 84.2 Å². The summed E-state index contributed by atoms with van der Waals surface area (Å²) >= 11 is 0. The van der Waals surface area contributed by atoms with E-state index in [1.165, 1.54) is 12.1 Å². The molecule has 2 rings (SSSR count). The molecule has 2 aromatic carbocycles. The highest BCUT2D eigenvalue weighted by Gasteiger charge is 2.09. The van der Waals surface area contributed by atoms with Crippen molar-refractivity contribution in [3.8, 4) is 0 Å². The molecule has 0 spiro atoms. The van der Waals surface area contributed by atoms with Gasteiger partial charge in [0.05, 0.1) is 13.0 Å². The largest absolute Gasteiger partial charge is 0.326 e. The maximum atomic E-state index is 12.9. The van der Waals surface area contributed by atoms with Crippen molar-refractivity contribution in [2.45, 2.75) is 19.8 Å². The van der Waals surface area contributed by atoms with Crippen LogP contribution in [0.1, 0.15) is 18.1 Å². The lowest BCUT2D eigenvalue weighted by atomic mass is 10.1. The lowest BCUT2D eigenvalue weighted by molar-refractivity contribution is -0.116. The maximum Gasteiger partial charge on any atom is 0.238 e. The van der Waals surface area contributed by atoms with E-state index in [9.17, 15) is 14.0 Å².